The highest BCUT2D eigenvalue weighted by molar-refractivity contribution is 6.02. The lowest BCUT2D eigenvalue weighted by atomic mass is 9.98. The van der Waals surface area contributed by atoms with Crippen molar-refractivity contribution in [1.82, 2.24) is 63.8 Å². The molecule has 0 unspecified atom stereocenters. The molecule has 41 nitrogen and oxygen atoms in total. The van der Waals surface area contributed by atoms with E-state index in [-0.39, 0.29) is 62.8 Å². The molecule has 13 atom stereocenters. The quantitative estimate of drug-likeness (QED) is 0.0263. The lowest BCUT2D eigenvalue weighted by molar-refractivity contribution is -0.147. The number of aliphatic carboxylic acids is 2. The standard InChI is InChI=1S/C90H95N13O28/c1-41(2)69(95-86(126)74(49-28-57(108)36-58(109)29-49)98-80(120)68(91)45-11-19-53(104)20-12-45)81(121)101-76(51-32-61(112)38-62(113)33-51)88(128)99-71(46-13-21-54(105)22-14-46)83(123)92-43(5)78(118)97-73(48-17-25-56(107)26-18-48)85(125)103-75(50-30-59(110)37-60(111)31-50)87(127)96-70(42(3)4)82(122)102-77(52-34-63(114)39-64(115)35-52)89(129)100-72(47-15-23-55(106)24-16-47)84(124)93-65(27-44-9-7-6-8-10-44)79(119)94-66(90(130)131)40-67(116)117/h6-26,28-39,41-43,65-66,68-77,104-115H,27,40,91H2,1-5H3,(H,92,123)(H,93,124)(H,94,119)(H,95,126)(H,96,127)(H,97,118)(H,98,120)(H,99,128)(H,100,129)(H,101,121)(H,102,122)(H,103,125)(H,116,117)(H,130,131)/t43-,65+,66+,68-,69+,70+,71+,72+,73+,74-,75-,76-,77-/m1/s1. The minimum absolute atomic E-state index is 0.123. The topological polar surface area (TPSA) is 693 Å². The summed E-state index contributed by atoms with van der Waals surface area (Å²) in [6, 6.07) is 12.8. The number of nitrogens with two attached hydrogens (primary N) is 1. The number of hydrogen-bond donors (Lipinski definition) is 27. The Morgan fingerprint density at radius 3 is 0.802 bits per heavy atom. The van der Waals surface area contributed by atoms with Crippen molar-refractivity contribution in [1.29, 1.82) is 0 Å². The number of carbonyl (C=O) groups is 14. The summed E-state index contributed by atoms with van der Waals surface area (Å²) in [5.41, 5.74) is 4.98. The van der Waals surface area contributed by atoms with Crippen LogP contribution in [-0.4, -0.2) is 185 Å². The maximum atomic E-state index is 15.2. The van der Waals surface area contributed by atoms with Crippen molar-refractivity contribution in [3.05, 3.63) is 250 Å². The first-order chi connectivity index (χ1) is 61.9. The third-order valence-corrected chi connectivity index (χ3v) is 20.2. The summed E-state index contributed by atoms with van der Waals surface area (Å²) in [6.45, 7) is 6.80. The number of aromatic hydroxyl groups is 12. The molecule has 0 saturated heterocycles. The maximum Gasteiger partial charge on any atom is 0.326 e. The van der Waals surface area contributed by atoms with E-state index in [1.54, 1.807) is 30.3 Å². The van der Waals surface area contributed by atoms with Crippen LogP contribution in [0.15, 0.2) is 200 Å². The van der Waals surface area contributed by atoms with Gasteiger partial charge in [0.2, 0.25) is 70.9 Å². The molecule has 131 heavy (non-hydrogen) atoms. The third kappa shape index (κ3) is 27.1. The fourth-order valence-electron chi connectivity index (χ4n) is 13.6. The van der Waals surface area contributed by atoms with Crippen molar-refractivity contribution < 1.29 is 139 Å². The monoisotopic (exact) mass is 1810 g/mol. The van der Waals surface area contributed by atoms with Gasteiger partial charge in [-0.15, -0.1) is 0 Å². The van der Waals surface area contributed by atoms with E-state index in [4.69, 9.17) is 5.73 Å². The zero-order chi connectivity index (χ0) is 96.1. The van der Waals surface area contributed by atoms with Gasteiger partial charge in [-0.1, -0.05) is 107 Å². The first-order valence-corrected chi connectivity index (χ1v) is 40.0. The summed E-state index contributed by atoms with van der Waals surface area (Å²) in [5, 5.41) is 175. The number of phenols is 12. The van der Waals surface area contributed by atoms with Crippen LogP contribution in [0.2, 0.25) is 0 Å². The molecule has 0 aliphatic rings. The van der Waals surface area contributed by atoms with Crippen LogP contribution >= 0.6 is 0 Å². The summed E-state index contributed by atoms with van der Waals surface area (Å²) in [5.74, 6) is -26.6. The van der Waals surface area contributed by atoms with E-state index in [9.17, 15) is 115 Å². The molecule has 12 amide bonds. The van der Waals surface area contributed by atoms with Gasteiger partial charge in [0.25, 0.3) is 0 Å². The number of carboxylic acid groups (broad SMARTS) is 2. The van der Waals surface area contributed by atoms with Gasteiger partial charge in [0.05, 0.1) is 6.42 Å². The lowest BCUT2D eigenvalue weighted by Crippen LogP contribution is -2.56. The third-order valence-electron chi connectivity index (χ3n) is 20.2. The molecule has 0 aliphatic carbocycles. The largest absolute Gasteiger partial charge is 0.508 e. The smallest absolute Gasteiger partial charge is 0.326 e. The van der Waals surface area contributed by atoms with E-state index < -0.39 is 237 Å². The van der Waals surface area contributed by atoms with Gasteiger partial charge in [0.15, 0.2) is 0 Å². The Morgan fingerprint density at radius 1 is 0.252 bits per heavy atom. The highest BCUT2D eigenvalue weighted by atomic mass is 16.4. The van der Waals surface area contributed by atoms with Gasteiger partial charge in [-0.05, 0) is 166 Å². The Kier molecular flexibility index (Phi) is 32.8. The molecule has 0 aliphatic heterocycles. The van der Waals surface area contributed by atoms with Gasteiger partial charge in [0.1, 0.15) is 148 Å². The van der Waals surface area contributed by atoms with Crippen LogP contribution in [0.3, 0.4) is 0 Å². The lowest BCUT2D eigenvalue weighted by Gasteiger charge is -2.30. The molecule has 0 radical (unpaired) electrons. The Morgan fingerprint density at radius 2 is 0.504 bits per heavy atom. The van der Waals surface area contributed by atoms with Crippen LogP contribution in [0, 0.1) is 11.8 Å². The number of carboxylic acids is 2. The zero-order valence-electron chi connectivity index (χ0n) is 70.2. The predicted octanol–water partition coefficient (Wildman–Crippen LogP) is 2.71. The molecule has 9 rings (SSSR count). The van der Waals surface area contributed by atoms with Gasteiger partial charge in [-0.2, -0.15) is 0 Å². The van der Waals surface area contributed by atoms with Gasteiger partial charge in [-0.3, -0.25) is 62.3 Å². The van der Waals surface area contributed by atoms with Crippen LogP contribution in [0.25, 0.3) is 0 Å². The van der Waals surface area contributed by atoms with Crippen molar-refractivity contribution in [3.8, 4) is 69.0 Å². The van der Waals surface area contributed by atoms with Crippen LogP contribution in [0.5, 0.6) is 69.0 Å². The molecule has 28 N–H and O–H groups in total. The summed E-state index contributed by atoms with van der Waals surface area (Å²) < 4.78 is 0. The number of hydrogen-bond acceptors (Lipinski definition) is 27. The van der Waals surface area contributed by atoms with E-state index in [0.29, 0.717) is 5.56 Å². The van der Waals surface area contributed by atoms with Crippen molar-refractivity contribution in [3.63, 3.8) is 0 Å². The molecule has 0 aromatic heterocycles. The molecule has 9 aromatic rings. The first-order valence-electron chi connectivity index (χ1n) is 40.0. The molecule has 41 heteroatoms. The van der Waals surface area contributed by atoms with Gasteiger partial charge >= 0.3 is 11.9 Å². The second kappa shape index (κ2) is 43.8. The second-order valence-corrected chi connectivity index (χ2v) is 31.0. The molecule has 0 bridgehead atoms. The second-order valence-electron chi connectivity index (χ2n) is 31.0. The van der Waals surface area contributed by atoms with Crippen molar-refractivity contribution >= 4 is 82.8 Å². The molecule has 0 spiro atoms. The SMILES string of the molecule is CC(C)[C@H](NC(=O)[C@H](NC(=O)[C@@H](NC(=O)[C@@H](C)NC(=O)[C@@H](NC(=O)[C@H](NC(=O)[C@@H](NC(=O)[C@H](NC(=O)[C@H](N)c1ccc(O)cc1)c1cc(O)cc(O)c1)C(C)C)c1cc(O)cc(O)c1)c1ccc(O)cc1)c1ccc(O)cc1)c1cc(O)cc(O)c1)C(=O)N[C@@H](C(=O)N[C@H](C(=O)N[C@@H](Cc1ccccc1)C(=O)N[C@@H](CC(=O)O)C(=O)O)c1ccc(O)cc1)c1cc(O)cc(O)c1. The van der Waals surface area contributed by atoms with E-state index in [2.05, 4.69) is 63.8 Å². The van der Waals surface area contributed by atoms with Crippen molar-refractivity contribution in [2.45, 2.75) is 126 Å². The highest BCUT2D eigenvalue weighted by Gasteiger charge is 2.41. The van der Waals surface area contributed by atoms with Crippen LogP contribution in [-0.2, 0) is 73.5 Å². The molecule has 688 valence electrons. The average Bonchev–Trinajstić information content (AvgIpc) is 0.812. The number of rotatable bonds is 39. The fraction of sp³-hybridized carbons (Fsp3) is 0.244. The normalized spacial score (nSPS) is 14.1. The Balaban J connectivity index is 0.975. The Labute approximate surface area is 744 Å². The number of nitrogens with one attached hydrogen (secondary N) is 12. The number of benzene rings is 9. The van der Waals surface area contributed by atoms with Gasteiger partial charge in [0, 0.05) is 30.7 Å². The highest BCUT2D eigenvalue weighted by Crippen LogP contribution is 2.34. The fourth-order valence-corrected chi connectivity index (χ4v) is 13.6. The Bertz CT molecular complexity index is 5650. The van der Waals surface area contributed by atoms with Gasteiger partial charge in [-0.25, -0.2) is 4.79 Å². The number of carbonyl (C=O) groups excluding carboxylic acids is 12. The van der Waals surface area contributed by atoms with E-state index >= 15 is 24.0 Å². The van der Waals surface area contributed by atoms with Crippen molar-refractivity contribution in [2.75, 3.05) is 0 Å². The van der Waals surface area contributed by atoms with E-state index in [0.717, 1.165) is 140 Å². The van der Waals surface area contributed by atoms with E-state index in [1.807, 2.05) is 0 Å². The minimum Gasteiger partial charge on any atom is -0.508 e. The van der Waals surface area contributed by atoms with E-state index in [1.165, 1.54) is 64.1 Å². The summed E-state index contributed by atoms with van der Waals surface area (Å²) >= 11 is 0. The number of phenolic OH excluding ortho intramolecular Hbond substituents is 12. The molecule has 0 fully saturated rings. The predicted molar refractivity (Wildman–Crippen MR) is 460 cm³/mol. The van der Waals surface area contributed by atoms with Crippen LogP contribution in [0.1, 0.15) is 139 Å². The first kappa shape index (κ1) is 97.9. The van der Waals surface area contributed by atoms with Gasteiger partial charge < -0.3 is 141 Å². The molecule has 9 aromatic carbocycles. The minimum atomic E-state index is -2.15. The number of amides is 12. The molecular weight excluding hydrogens is 1710 g/mol. The van der Waals surface area contributed by atoms with Crippen LogP contribution in [0.4, 0.5) is 0 Å². The molecular formula is C90H95N13O28. The maximum absolute atomic E-state index is 15.2. The molecule has 0 heterocycles. The summed E-state index contributed by atoms with van der Waals surface area (Å²) in [6.07, 6.45) is -1.46. The average molecular weight is 1810 g/mol. The Hall–Kier alpha value is -16.9. The zero-order valence-corrected chi connectivity index (χ0v) is 70.2. The van der Waals surface area contributed by atoms with Crippen molar-refractivity contribution in [2.24, 2.45) is 17.6 Å². The summed E-state index contributed by atoms with van der Waals surface area (Å²) in [7, 11) is 0. The summed E-state index contributed by atoms with van der Waals surface area (Å²) in [4.78, 5) is 201. The molecule has 0 saturated carbocycles. The van der Waals surface area contributed by atoms with Crippen LogP contribution < -0.4 is 69.5 Å².